The van der Waals surface area contributed by atoms with Gasteiger partial charge < -0.3 is 15.9 Å². The number of nitrogen functional groups attached to an aromatic ring is 1. The Morgan fingerprint density at radius 1 is 1.53 bits per heavy atom. The van der Waals surface area contributed by atoms with Crippen LogP contribution in [0, 0.1) is 11.3 Å². The minimum Gasteiger partial charge on any atom is -0.492 e. The summed E-state index contributed by atoms with van der Waals surface area (Å²) in [4.78, 5) is 0. The molecular weight excluding hydrogens is 256 g/mol. The number of ether oxygens (including phenoxy) is 1. The van der Waals surface area contributed by atoms with E-state index < -0.39 is 0 Å². The summed E-state index contributed by atoms with van der Waals surface area (Å²) in [6.07, 6.45) is 3.78. The first-order chi connectivity index (χ1) is 7.20. The first kappa shape index (κ1) is 10.5. The highest BCUT2D eigenvalue weighted by Gasteiger charge is 2.22. The zero-order valence-corrected chi connectivity index (χ0v) is 9.88. The van der Waals surface area contributed by atoms with Gasteiger partial charge in [0.05, 0.1) is 11.1 Å². The summed E-state index contributed by atoms with van der Waals surface area (Å²) < 4.78 is 6.51. The number of hydrogen-bond acceptors (Lipinski definition) is 3. The van der Waals surface area contributed by atoms with E-state index in [1.807, 2.05) is 0 Å². The highest BCUT2D eigenvalue weighted by Crippen LogP contribution is 2.33. The molecule has 4 heteroatoms. The molecule has 0 unspecified atom stereocenters. The first-order valence-electron chi connectivity index (χ1n) is 4.93. The van der Waals surface area contributed by atoms with Gasteiger partial charge in [-0.3, -0.25) is 0 Å². The van der Waals surface area contributed by atoms with Crippen molar-refractivity contribution in [3.8, 4) is 5.75 Å². The molecule has 15 heavy (non-hydrogen) atoms. The van der Waals surface area contributed by atoms with Gasteiger partial charge in [0.25, 0.3) is 0 Å². The first-order valence-corrected chi connectivity index (χ1v) is 5.72. The summed E-state index contributed by atoms with van der Waals surface area (Å²) in [5, 5.41) is 7.20. The van der Waals surface area contributed by atoms with Gasteiger partial charge in [-0.1, -0.05) is 0 Å². The SMILES string of the molecule is N=Cc1cc(OCC2CC2)c(Br)cc1N. The predicted octanol–water partition coefficient (Wildman–Crippen LogP) is 2.82. The Labute approximate surface area is 97.3 Å². The minimum atomic E-state index is 0.593. The second kappa shape index (κ2) is 4.23. The quantitative estimate of drug-likeness (QED) is 0.652. The standard InChI is InChI=1S/C11H13BrN2O/c12-9-4-10(14)8(5-13)3-11(9)15-6-7-1-2-7/h3-5,7,13H,1-2,6,14H2. The van der Waals surface area contributed by atoms with Crippen LogP contribution in [0.5, 0.6) is 5.75 Å². The Balaban J connectivity index is 2.16. The van der Waals surface area contributed by atoms with Crippen molar-refractivity contribution >= 4 is 27.8 Å². The molecule has 1 aromatic rings. The molecule has 0 atom stereocenters. The van der Waals surface area contributed by atoms with Crippen LogP contribution < -0.4 is 10.5 Å². The van der Waals surface area contributed by atoms with Crippen molar-refractivity contribution in [3.63, 3.8) is 0 Å². The molecule has 2 rings (SSSR count). The number of halogens is 1. The Hall–Kier alpha value is -1.03. The van der Waals surface area contributed by atoms with E-state index in [9.17, 15) is 0 Å². The Kier molecular flexibility index (Phi) is 2.95. The maximum absolute atomic E-state index is 7.20. The number of benzene rings is 1. The maximum atomic E-state index is 7.20. The van der Waals surface area contributed by atoms with E-state index in [-0.39, 0.29) is 0 Å². The van der Waals surface area contributed by atoms with Gasteiger partial charge in [-0.25, -0.2) is 0 Å². The van der Waals surface area contributed by atoms with E-state index in [4.69, 9.17) is 15.9 Å². The van der Waals surface area contributed by atoms with Crippen LogP contribution in [0.2, 0.25) is 0 Å². The molecule has 0 bridgehead atoms. The summed E-state index contributed by atoms with van der Waals surface area (Å²) >= 11 is 3.40. The third-order valence-electron chi connectivity index (χ3n) is 2.46. The van der Waals surface area contributed by atoms with E-state index >= 15 is 0 Å². The summed E-state index contributed by atoms with van der Waals surface area (Å²) in [6.45, 7) is 0.764. The second-order valence-electron chi connectivity index (χ2n) is 3.81. The summed E-state index contributed by atoms with van der Waals surface area (Å²) in [6, 6.07) is 3.58. The molecule has 1 aromatic carbocycles. The molecule has 0 aromatic heterocycles. The van der Waals surface area contributed by atoms with Gasteiger partial charge in [0, 0.05) is 17.5 Å². The lowest BCUT2D eigenvalue weighted by Crippen LogP contribution is -2.01. The summed E-state index contributed by atoms with van der Waals surface area (Å²) in [7, 11) is 0. The van der Waals surface area contributed by atoms with Gasteiger partial charge in [0.15, 0.2) is 0 Å². The van der Waals surface area contributed by atoms with Crippen LogP contribution in [0.3, 0.4) is 0 Å². The van der Waals surface area contributed by atoms with Gasteiger partial charge in [-0.15, -0.1) is 0 Å². The van der Waals surface area contributed by atoms with E-state index in [0.717, 1.165) is 22.7 Å². The molecule has 1 saturated carbocycles. The van der Waals surface area contributed by atoms with E-state index in [0.29, 0.717) is 11.3 Å². The number of hydrogen-bond donors (Lipinski definition) is 2. The van der Waals surface area contributed by atoms with Crippen molar-refractivity contribution in [2.45, 2.75) is 12.8 Å². The number of nitrogens with one attached hydrogen (secondary N) is 1. The maximum Gasteiger partial charge on any atom is 0.134 e. The van der Waals surface area contributed by atoms with E-state index in [1.54, 1.807) is 12.1 Å². The minimum absolute atomic E-state index is 0.593. The summed E-state index contributed by atoms with van der Waals surface area (Å²) in [5.41, 5.74) is 7.02. The van der Waals surface area contributed by atoms with Crippen molar-refractivity contribution in [1.29, 1.82) is 5.41 Å². The molecule has 0 heterocycles. The van der Waals surface area contributed by atoms with Crippen LogP contribution in [-0.4, -0.2) is 12.8 Å². The van der Waals surface area contributed by atoms with Gasteiger partial charge in [-0.05, 0) is 46.8 Å². The molecule has 0 radical (unpaired) electrons. The van der Waals surface area contributed by atoms with Crippen LogP contribution in [0.15, 0.2) is 16.6 Å². The smallest absolute Gasteiger partial charge is 0.134 e. The highest BCUT2D eigenvalue weighted by molar-refractivity contribution is 9.10. The Morgan fingerprint density at radius 2 is 2.27 bits per heavy atom. The van der Waals surface area contributed by atoms with Crippen molar-refractivity contribution < 1.29 is 4.74 Å². The van der Waals surface area contributed by atoms with Crippen LogP contribution in [-0.2, 0) is 0 Å². The van der Waals surface area contributed by atoms with Gasteiger partial charge in [0.2, 0.25) is 0 Å². The van der Waals surface area contributed by atoms with Crippen molar-refractivity contribution in [1.82, 2.24) is 0 Å². The number of nitrogens with two attached hydrogens (primary N) is 1. The zero-order chi connectivity index (χ0) is 10.8. The topological polar surface area (TPSA) is 59.1 Å². The van der Waals surface area contributed by atoms with Gasteiger partial charge in [-0.2, -0.15) is 0 Å². The fourth-order valence-corrected chi connectivity index (χ4v) is 1.79. The van der Waals surface area contributed by atoms with Gasteiger partial charge >= 0.3 is 0 Å². The van der Waals surface area contributed by atoms with Crippen molar-refractivity contribution in [2.75, 3.05) is 12.3 Å². The average molecular weight is 269 g/mol. The lowest BCUT2D eigenvalue weighted by Gasteiger charge is -2.09. The fourth-order valence-electron chi connectivity index (χ4n) is 1.31. The fraction of sp³-hybridized carbons (Fsp3) is 0.364. The van der Waals surface area contributed by atoms with Crippen LogP contribution in [0.1, 0.15) is 18.4 Å². The Morgan fingerprint density at radius 3 is 2.87 bits per heavy atom. The molecule has 3 nitrogen and oxygen atoms in total. The second-order valence-corrected chi connectivity index (χ2v) is 4.66. The van der Waals surface area contributed by atoms with Crippen LogP contribution in [0.25, 0.3) is 0 Å². The monoisotopic (exact) mass is 268 g/mol. The summed E-state index contributed by atoms with van der Waals surface area (Å²) in [5.74, 6) is 1.49. The van der Waals surface area contributed by atoms with Crippen LogP contribution in [0.4, 0.5) is 5.69 Å². The van der Waals surface area contributed by atoms with E-state index in [1.165, 1.54) is 19.1 Å². The van der Waals surface area contributed by atoms with Crippen molar-refractivity contribution in [3.05, 3.63) is 22.2 Å². The molecule has 0 aliphatic heterocycles. The number of rotatable bonds is 4. The van der Waals surface area contributed by atoms with Crippen LogP contribution >= 0.6 is 15.9 Å². The molecule has 1 aliphatic carbocycles. The highest BCUT2D eigenvalue weighted by atomic mass is 79.9. The Bertz CT molecular complexity index is 388. The molecule has 3 N–H and O–H groups in total. The third-order valence-corrected chi connectivity index (χ3v) is 3.08. The largest absolute Gasteiger partial charge is 0.492 e. The predicted molar refractivity (Wildman–Crippen MR) is 64.7 cm³/mol. The molecule has 1 aliphatic rings. The van der Waals surface area contributed by atoms with Crippen molar-refractivity contribution in [2.24, 2.45) is 5.92 Å². The molecule has 0 spiro atoms. The molecular formula is C11H13BrN2O. The molecule has 80 valence electrons. The lowest BCUT2D eigenvalue weighted by molar-refractivity contribution is 0.298. The normalized spacial score (nSPS) is 15.0. The molecule has 1 fully saturated rings. The van der Waals surface area contributed by atoms with Gasteiger partial charge in [0.1, 0.15) is 5.75 Å². The molecule has 0 amide bonds. The molecule has 0 saturated heterocycles. The lowest BCUT2D eigenvalue weighted by atomic mass is 10.2. The third kappa shape index (κ3) is 2.50. The average Bonchev–Trinajstić information content (AvgIpc) is 3.00. The zero-order valence-electron chi connectivity index (χ0n) is 8.29. The van der Waals surface area contributed by atoms with E-state index in [2.05, 4.69) is 15.9 Å². The number of anilines is 1.